The fraction of sp³-hybridized carbons (Fsp3) is 0.267. The molecule has 0 spiro atoms. The molecule has 0 atom stereocenters. The minimum Gasteiger partial charge on any atom is -0.451 e. The van der Waals surface area contributed by atoms with Crippen molar-refractivity contribution < 1.29 is 9.21 Å². The van der Waals surface area contributed by atoms with Gasteiger partial charge in [-0.2, -0.15) is 0 Å². The van der Waals surface area contributed by atoms with E-state index in [9.17, 15) is 4.79 Å². The number of aryl methyl sites for hydroxylation is 2. The van der Waals surface area contributed by atoms with E-state index in [1.165, 1.54) is 0 Å². The van der Waals surface area contributed by atoms with Gasteiger partial charge in [0.05, 0.1) is 0 Å². The molecule has 0 aliphatic heterocycles. The summed E-state index contributed by atoms with van der Waals surface area (Å²) in [6, 6.07) is 9.65. The van der Waals surface area contributed by atoms with Gasteiger partial charge < -0.3 is 15.5 Å². The molecular weight excluding hydrogens is 240 g/mol. The maximum absolute atomic E-state index is 11.7. The van der Waals surface area contributed by atoms with Crippen LogP contribution in [0.25, 0.3) is 11.3 Å². The molecule has 0 radical (unpaired) electrons. The number of nitrogens with two attached hydrogens (primary N) is 1. The van der Waals surface area contributed by atoms with E-state index < -0.39 is 0 Å². The number of amides is 1. The Morgan fingerprint density at radius 3 is 2.79 bits per heavy atom. The number of benzene rings is 1. The first kappa shape index (κ1) is 13.4. The van der Waals surface area contributed by atoms with Gasteiger partial charge in [0.2, 0.25) is 0 Å². The van der Waals surface area contributed by atoms with Crippen molar-refractivity contribution in [2.75, 3.05) is 13.1 Å². The first-order chi connectivity index (χ1) is 9.11. The van der Waals surface area contributed by atoms with E-state index in [1.807, 2.05) is 26.0 Å². The summed E-state index contributed by atoms with van der Waals surface area (Å²) in [6.45, 7) is 4.90. The van der Waals surface area contributed by atoms with E-state index in [-0.39, 0.29) is 5.91 Å². The van der Waals surface area contributed by atoms with Crippen LogP contribution in [-0.2, 0) is 0 Å². The standard InChI is InChI=1S/C15H18N2O2/c1-10-3-4-11(2)12(9-10)13-5-6-14(19-13)15(18)17-8-7-16/h3-6,9H,7-8,16H2,1-2H3,(H,17,18). The Morgan fingerprint density at radius 2 is 2.05 bits per heavy atom. The first-order valence-electron chi connectivity index (χ1n) is 6.27. The van der Waals surface area contributed by atoms with Crippen LogP contribution in [0.4, 0.5) is 0 Å². The minimum atomic E-state index is -0.234. The monoisotopic (exact) mass is 258 g/mol. The third-order valence-electron chi connectivity index (χ3n) is 2.92. The molecule has 0 bridgehead atoms. The fourth-order valence-corrected chi connectivity index (χ4v) is 1.88. The second kappa shape index (κ2) is 5.71. The molecule has 0 aliphatic rings. The zero-order valence-electron chi connectivity index (χ0n) is 11.2. The number of carbonyl (C=O) groups is 1. The third-order valence-corrected chi connectivity index (χ3v) is 2.92. The van der Waals surface area contributed by atoms with E-state index in [1.54, 1.807) is 6.07 Å². The molecule has 0 saturated heterocycles. The lowest BCUT2D eigenvalue weighted by molar-refractivity contribution is 0.0928. The summed E-state index contributed by atoms with van der Waals surface area (Å²) >= 11 is 0. The van der Waals surface area contributed by atoms with Crippen LogP contribution in [0.2, 0.25) is 0 Å². The maximum atomic E-state index is 11.7. The molecule has 1 aromatic carbocycles. The molecule has 1 amide bonds. The summed E-state index contributed by atoms with van der Waals surface area (Å²) in [5, 5.41) is 2.68. The Hall–Kier alpha value is -2.07. The molecule has 0 aliphatic carbocycles. The summed E-state index contributed by atoms with van der Waals surface area (Å²) < 4.78 is 5.61. The molecular formula is C15H18N2O2. The van der Waals surface area contributed by atoms with Gasteiger partial charge in [-0.25, -0.2) is 0 Å². The van der Waals surface area contributed by atoms with Crippen LogP contribution in [0.5, 0.6) is 0 Å². The van der Waals surface area contributed by atoms with Crippen molar-refractivity contribution in [3.8, 4) is 11.3 Å². The van der Waals surface area contributed by atoms with Crippen LogP contribution in [-0.4, -0.2) is 19.0 Å². The van der Waals surface area contributed by atoms with Crippen molar-refractivity contribution in [1.29, 1.82) is 0 Å². The lowest BCUT2D eigenvalue weighted by Crippen LogP contribution is -2.28. The maximum Gasteiger partial charge on any atom is 0.287 e. The van der Waals surface area contributed by atoms with E-state index in [4.69, 9.17) is 10.2 Å². The van der Waals surface area contributed by atoms with Crippen LogP contribution in [0.1, 0.15) is 21.7 Å². The number of rotatable bonds is 4. The van der Waals surface area contributed by atoms with Crippen LogP contribution in [0, 0.1) is 13.8 Å². The summed E-state index contributed by atoms with van der Waals surface area (Å²) in [6.07, 6.45) is 0. The van der Waals surface area contributed by atoms with Crippen LogP contribution < -0.4 is 11.1 Å². The summed E-state index contributed by atoms with van der Waals surface area (Å²) in [5.74, 6) is 0.783. The highest BCUT2D eigenvalue weighted by Gasteiger charge is 2.12. The third kappa shape index (κ3) is 3.03. The van der Waals surface area contributed by atoms with Crippen molar-refractivity contribution in [2.24, 2.45) is 5.73 Å². The van der Waals surface area contributed by atoms with E-state index >= 15 is 0 Å². The number of nitrogens with one attached hydrogen (secondary N) is 1. The quantitative estimate of drug-likeness (QED) is 0.883. The smallest absolute Gasteiger partial charge is 0.287 e. The zero-order valence-corrected chi connectivity index (χ0v) is 11.2. The molecule has 0 saturated carbocycles. The molecule has 2 aromatic rings. The van der Waals surface area contributed by atoms with E-state index in [0.29, 0.717) is 24.6 Å². The van der Waals surface area contributed by atoms with Crippen LogP contribution >= 0.6 is 0 Å². The van der Waals surface area contributed by atoms with Gasteiger partial charge in [0.1, 0.15) is 5.76 Å². The zero-order chi connectivity index (χ0) is 13.8. The Labute approximate surface area is 112 Å². The lowest BCUT2D eigenvalue weighted by Gasteiger charge is -2.04. The predicted octanol–water partition coefficient (Wildman–Crippen LogP) is 2.25. The van der Waals surface area contributed by atoms with Crippen molar-refractivity contribution in [2.45, 2.75) is 13.8 Å². The van der Waals surface area contributed by atoms with Gasteiger partial charge in [0.25, 0.3) is 5.91 Å². The Balaban J connectivity index is 2.25. The van der Waals surface area contributed by atoms with Gasteiger partial charge in [-0.1, -0.05) is 17.7 Å². The van der Waals surface area contributed by atoms with E-state index in [2.05, 4.69) is 17.4 Å². The highest BCUT2D eigenvalue weighted by molar-refractivity contribution is 5.92. The average molecular weight is 258 g/mol. The van der Waals surface area contributed by atoms with Gasteiger partial charge in [-0.05, 0) is 37.6 Å². The highest BCUT2D eigenvalue weighted by atomic mass is 16.3. The average Bonchev–Trinajstić information content (AvgIpc) is 2.88. The van der Waals surface area contributed by atoms with Gasteiger partial charge in [-0.15, -0.1) is 0 Å². The van der Waals surface area contributed by atoms with Crippen molar-refractivity contribution in [3.05, 3.63) is 47.2 Å². The topological polar surface area (TPSA) is 68.3 Å². The van der Waals surface area contributed by atoms with Crippen LogP contribution in [0.3, 0.4) is 0 Å². The molecule has 100 valence electrons. The Kier molecular flexibility index (Phi) is 4.02. The number of hydrogen-bond donors (Lipinski definition) is 2. The molecule has 1 aromatic heterocycles. The molecule has 19 heavy (non-hydrogen) atoms. The molecule has 0 unspecified atom stereocenters. The normalized spacial score (nSPS) is 10.5. The number of furan rings is 1. The molecule has 4 nitrogen and oxygen atoms in total. The molecule has 4 heteroatoms. The first-order valence-corrected chi connectivity index (χ1v) is 6.27. The molecule has 0 fully saturated rings. The Morgan fingerprint density at radius 1 is 1.26 bits per heavy atom. The van der Waals surface area contributed by atoms with Crippen LogP contribution in [0.15, 0.2) is 34.7 Å². The van der Waals surface area contributed by atoms with Gasteiger partial charge in [0.15, 0.2) is 5.76 Å². The van der Waals surface area contributed by atoms with Crippen molar-refractivity contribution in [1.82, 2.24) is 5.32 Å². The SMILES string of the molecule is Cc1ccc(C)c(-c2ccc(C(=O)NCCN)o2)c1. The summed E-state index contributed by atoms with van der Waals surface area (Å²) in [5.41, 5.74) is 8.63. The van der Waals surface area contributed by atoms with Gasteiger partial charge in [-0.3, -0.25) is 4.79 Å². The number of hydrogen-bond acceptors (Lipinski definition) is 3. The highest BCUT2D eigenvalue weighted by Crippen LogP contribution is 2.26. The second-order valence-corrected chi connectivity index (χ2v) is 4.53. The molecule has 2 rings (SSSR count). The van der Waals surface area contributed by atoms with Crippen molar-refractivity contribution in [3.63, 3.8) is 0 Å². The number of carbonyl (C=O) groups excluding carboxylic acids is 1. The molecule has 3 N–H and O–H groups in total. The predicted molar refractivity (Wildman–Crippen MR) is 75.0 cm³/mol. The second-order valence-electron chi connectivity index (χ2n) is 4.53. The van der Waals surface area contributed by atoms with Crippen molar-refractivity contribution >= 4 is 5.91 Å². The largest absolute Gasteiger partial charge is 0.451 e. The van der Waals surface area contributed by atoms with E-state index in [0.717, 1.165) is 16.7 Å². The minimum absolute atomic E-state index is 0.234. The van der Waals surface area contributed by atoms with Gasteiger partial charge in [0, 0.05) is 18.7 Å². The lowest BCUT2D eigenvalue weighted by atomic mass is 10.0. The fourth-order valence-electron chi connectivity index (χ4n) is 1.88. The summed E-state index contributed by atoms with van der Waals surface area (Å²) in [7, 11) is 0. The molecule has 1 heterocycles. The Bertz CT molecular complexity index is 588. The summed E-state index contributed by atoms with van der Waals surface area (Å²) in [4.78, 5) is 11.7. The van der Waals surface area contributed by atoms with Gasteiger partial charge >= 0.3 is 0 Å².